The summed E-state index contributed by atoms with van der Waals surface area (Å²) in [6, 6.07) is 12.1. The molecule has 0 fully saturated rings. The monoisotopic (exact) mass is 374 g/mol. The summed E-state index contributed by atoms with van der Waals surface area (Å²) < 4.78 is 54.3. The van der Waals surface area contributed by atoms with Crippen molar-refractivity contribution >= 4 is 15.7 Å². The van der Waals surface area contributed by atoms with Gasteiger partial charge in [0.1, 0.15) is 11.6 Å². The van der Waals surface area contributed by atoms with Gasteiger partial charge in [0, 0.05) is 12.4 Å². The number of hydrogen-bond donors (Lipinski definition) is 0. The summed E-state index contributed by atoms with van der Waals surface area (Å²) in [6.07, 6.45) is 3.15. The number of aromatic nitrogens is 1. The lowest BCUT2D eigenvalue weighted by Gasteiger charge is -2.25. The summed E-state index contributed by atoms with van der Waals surface area (Å²) >= 11 is 0. The van der Waals surface area contributed by atoms with Crippen molar-refractivity contribution in [1.29, 1.82) is 0 Å². The van der Waals surface area contributed by atoms with E-state index in [0.717, 1.165) is 10.4 Å². The molecule has 2 aromatic carbocycles. The van der Waals surface area contributed by atoms with Crippen LogP contribution < -0.4 is 4.31 Å². The van der Waals surface area contributed by atoms with Crippen LogP contribution in [0, 0.1) is 18.6 Å². The Labute approximate surface area is 150 Å². The first-order valence-corrected chi connectivity index (χ1v) is 9.25. The normalized spacial score (nSPS) is 11.3. The smallest absolute Gasteiger partial charge is 0.264 e. The molecule has 1 aromatic heterocycles. The number of sulfonamides is 1. The van der Waals surface area contributed by atoms with E-state index in [1.165, 1.54) is 43.3 Å². The van der Waals surface area contributed by atoms with Crippen molar-refractivity contribution in [2.45, 2.75) is 18.4 Å². The minimum atomic E-state index is -4.00. The van der Waals surface area contributed by atoms with E-state index in [9.17, 15) is 17.2 Å². The average molecular weight is 374 g/mol. The number of aryl methyl sites for hydroxylation is 1. The summed E-state index contributed by atoms with van der Waals surface area (Å²) in [5.74, 6) is -0.979. The van der Waals surface area contributed by atoms with Crippen molar-refractivity contribution in [2.75, 3.05) is 4.31 Å². The van der Waals surface area contributed by atoms with Crippen LogP contribution in [-0.4, -0.2) is 13.4 Å². The molecule has 26 heavy (non-hydrogen) atoms. The second-order valence-electron chi connectivity index (χ2n) is 5.76. The van der Waals surface area contributed by atoms with Crippen molar-refractivity contribution in [3.05, 3.63) is 89.8 Å². The number of rotatable bonds is 5. The van der Waals surface area contributed by atoms with Gasteiger partial charge < -0.3 is 0 Å². The third kappa shape index (κ3) is 3.72. The molecule has 134 valence electrons. The molecule has 0 atom stereocenters. The molecule has 0 aliphatic rings. The van der Waals surface area contributed by atoms with Gasteiger partial charge in [0.05, 0.1) is 17.1 Å². The van der Waals surface area contributed by atoms with Crippen molar-refractivity contribution in [3.8, 4) is 0 Å². The largest absolute Gasteiger partial charge is 0.264 e. The predicted molar refractivity (Wildman–Crippen MR) is 95.1 cm³/mol. The quantitative estimate of drug-likeness (QED) is 0.677. The van der Waals surface area contributed by atoms with Gasteiger partial charge in [0.15, 0.2) is 0 Å². The SMILES string of the molecule is Cc1cc(F)ccc1S(=O)(=O)N(Cc1cccnc1)c1ccc(F)cc1. The zero-order chi connectivity index (χ0) is 18.7. The first kappa shape index (κ1) is 18.0. The standard InChI is InChI=1S/C19H16F2N2O2S/c1-14-11-17(21)6-9-19(14)26(24,25)23(13-15-3-2-10-22-12-15)18-7-4-16(20)5-8-18/h2-12H,13H2,1H3. The van der Waals surface area contributed by atoms with Crippen LogP contribution >= 0.6 is 0 Å². The van der Waals surface area contributed by atoms with Crippen molar-refractivity contribution in [2.24, 2.45) is 0 Å². The number of benzene rings is 2. The molecule has 0 radical (unpaired) electrons. The average Bonchev–Trinajstić information content (AvgIpc) is 2.61. The Morgan fingerprint density at radius 3 is 2.31 bits per heavy atom. The van der Waals surface area contributed by atoms with Crippen molar-refractivity contribution in [1.82, 2.24) is 4.98 Å². The molecule has 0 aliphatic carbocycles. The van der Waals surface area contributed by atoms with Gasteiger partial charge in [0.2, 0.25) is 0 Å². The fourth-order valence-electron chi connectivity index (χ4n) is 2.60. The maximum absolute atomic E-state index is 13.4. The van der Waals surface area contributed by atoms with Gasteiger partial charge in [-0.05, 0) is 66.6 Å². The Morgan fingerprint density at radius 2 is 1.69 bits per heavy atom. The van der Waals surface area contributed by atoms with Crippen molar-refractivity contribution in [3.63, 3.8) is 0 Å². The van der Waals surface area contributed by atoms with Crippen LogP contribution in [0.4, 0.5) is 14.5 Å². The van der Waals surface area contributed by atoms with Crippen LogP contribution in [0.2, 0.25) is 0 Å². The van der Waals surface area contributed by atoms with Crippen LogP contribution in [0.5, 0.6) is 0 Å². The number of halogens is 2. The van der Waals surface area contributed by atoms with Gasteiger partial charge in [-0.15, -0.1) is 0 Å². The van der Waals surface area contributed by atoms with E-state index in [-0.39, 0.29) is 11.4 Å². The highest BCUT2D eigenvalue weighted by Crippen LogP contribution is 2.28. The highest BCUT2D eigenvalue weighted by atomic mass is 32.2. The van der Waals surface area contributed by atoms with Gasteiger partial charge in [-0.25, -0.2) is 17.2 Å². The minimum absolute atomic E-state index is 0.00730. The summed E-state index contributed by atoms with van der Waals surface area (Å²) in [5.41, 5.74) is 1.27. The second kappa shape index (κ2) is 7.21. The highest BCUT2D eigenvalue weighted by Gasteiger charge is 2.27. The fourth-order valence-corrected chi connectivity index (χ4v) is 4.26. The maximum atomic E-state index is 13.4. The van der Waals surface area contributed by atoms with E-state index in [1.807, 2.05) is 0 Å². The van der Waals surface area contributed by atoms with Crippen LogP contribution in [-0.2, 0) is 16.6 Å². The third-order valence-electron chi connectivity index (χ3n) is 3.87. The van der Waals surface area contributed by atoms with Crippen LogP contribution in [0.15, 0.2) is 71.9 Å². The molecule has 0 spiro atoms. The van der Waals surface area contributed by atoms with Gasteiger partial charge >= 0.3 is 0 Å². The summed E-state index contributed by atoms with van der Waals surface area (Å²) in [6.45, 7) is 1.54. The van der Waals surface area contributed by atoms with E-state index in [1.54, 1.807) is 24.5 Å². The van der Waals surface area contributed by atoms with E-state index < -0.39 is 21.7 Å². The topological polar surface area (TPSA) is 50.3 Å². The molecule has 0 unspecified atom stereocenters. The summed E-state index contributed by atoms with van der Waals surface area (Å²) in [4.78, 5) is 3.99. The molecule has 0 saturated carbocycles. The molecule has 3 aromatic rings. The minimum Gasteiger partial charge on any atom is -0.264 e. The summed E-state index contributed by atoms with van der Waals surface area (Å²) in [5, 5.41) is 0. The lowest BCUT2D eigenvalue weighted by atomic mass is 10.2. The van der Waals surface area contributed by atoms with Crippen molar-refractivity contribution < 1.29 is 17.2 Å². The Balaban J connectivity index is 2.11. The molecular weight excluding hydrogens is 358 g/mol. The van der Waals surface area contributed by atoms with Gasteiger partial charge in [-0.3, -0.25) is 9.29 Å². The zero-order valence-corrected chi connectivity index (χ0v) is 14.7. The van der Waals surface area contributed by atoms with Gasteiger partial charge in [-0.2, -0.15) is 0 Å². The molecule has 3 rings (SSSR count). The number of anilines is 1. The van der Waals surface area contributed by atoms with E-state index >= 15 is 0 Å². The molecule has 1 heterocycles. The van der Waals surface area contributed by atoms with Crippen LogP contribution in [0.25, 0.3) is 0 Å². The van der Waals surface area contributed by atoms with E-state index in [4.69, 9.17) is 0 Å². The molecule has 7 heteroatoms. The van der Waals surface area contributed by atoms with Gasteiger partial charge in [0.25, 0.3) is 10.0 Å². The molecule has 0 saturated heterocycles. The zero-order valence-electron chi connectivity index (χ0n) is 13.9. The van der Waals surface area contributed by atoms with Crippen LogP contribution in [0.3, 0.4) is 0 Å². The lowest BCUT2D eigenvalue weighted by Crippen LogP contribution is -2.31. The Morgan fingerprint density at radius 1 is 1.00 bits per heavy atom. The molecule has 0 N–H and O–H groups in total. The number of hydrogen-bond acceptors (Lipinski definition) is 3. The summed E-state index contributed by atoms with van der Waals surface area (Å²) in [7, 11) is -4.00. The highest BCUT2D eigenvalue weighted by molar-refractivity contribution is 7.92. The Kier molecular flexibility index (Phi) is 4.99. The Hall–Kier alpha value is -2.80. The predicted octanol–water partition coefficient (Wildman–Crippen LogP) is 4.06. The molecular formula is C19H16F2N2O2S. The lowest BCUT2D eigenvalue weighted by molar-refractivity contribution is 0.588. The molecule has 0 aliphatic heterocycles. The molecule has 0 amide bonds. The molecule has 4 nitrogen and oxygen atoms in total. The first-order valence-electron chi connectivity index (χ1n) is 7.81. The third-order valence-corrected chi connectivity index (χ3v) is 5.80. The molecule has 0 bridgehead atoms. The fraction of sp³-hybridized carbons (Fsp3) is 0.105. The second-order valence-corrected chi connectivity index (χ2v) is 7.59. The van der Waals surface area contributed by atoms with Crippen LogP contribution in [0.1, 0.15) is 11.1 Å². The van der Waals surface area contributed by atoms with Gasteiger partial charge in [-0.1, -0.05) is 6.07 Å². The maximum Gasteiger partial charge on any atom is 0.264 e. The Bertz CT molecular complexity index is 1010. The number of nitrogens with zero attached hydrogens (tertiary/aromatic N) is 2. The first-order chi connectivity index (χ1) is 12.4. The van der Waals surface area contributed by atoms with E-state index in [0.29, 0.717) is 16.8 Å². The van der Waals surface area contributed by atoms with E-state index in [2.05, 4.69) is 4.98 Å². The number of pyridine rings is 1.